The molecule has 1 heterocycles. The van der Waals surface area contributed by atoms with E-state index in [1.54, 1.807) is 13.0 Å². The van der Waals surface area contributed by atoms with Crippen LogP contribution >= 0.6 is 0 Å². The molecule has 1 unspecified atom stereocenters. The summed E-state index contributed by atoms with van der Waals surface area (Å²) in [5.41, 5.74) is 2.80. The lowest BCUT2D eigenvalue weighted by Crippen LogP contribution is -2.30. The third-order valence-electron chi connectivity index (χ3n) is 2.07. The van der Waals surface area contributed by atoms with Crippen LogP contribution in [0.15, 0.2) is 12.3 Å². The van der Waals surface area contributed by atoms with Crippen molar-refractivity contribution in [2.75, 3.05) is 0 Å². The average Bonchev–Trinajstić information content (AvgIpc) is 2.17. The van der Waals surface area contributed by atoms with E-state index in [2.05, 4.69) is 15.4 Å². The van der Waals surface area contributed by atoms with Gasteiger partial charge >= 0.3 is 6.18 Å². The molecule has 0 aliphatic rings. The molecule has 0 radical (unpaired) electrons. The third-order valence-corrected chi connectivity index (χ3v) is 2.07. The number of nitrogens with one attached hydrogen (secondary N) is 1. The quantitative estimate of drug-likeness (QED) is 0.614. The Balaban J connectivity index is 2.68. The molecule has 3 N–H and O–H groups in total. The second kappa shape index (κ2) is 5.22. The van der Waals surface area contributed by atoms with Crippen LogP contribution in [0, 0.1) is 6.92 Å². The van der Waals surface area contributed by atoms with Crippen LogP contribution < -0.4 is 11.3 Å². The van der Waals surface area contributed by atoms with Crippen molar-refractivity contribution < 1.29 is 13.2 Å². The minimum atomic E-state index is -4.18. The summed E-state index contributed by atoms with van der Waals surface area (Å²) in [6.45, 7) is 1.67. The van der Waals surface area contributed by atoms with Gasteiger partial charge in [0.25, 0.3) is 0 Å². The Kier molecular flexibility index (Phi) is 4.19. The zero-order valence-corrected chi connectivity index (χ0v) is 8.75. The Hall–Kier alpha value is -1.21. The zero-order valence-electron chi connectivity index (χ0n) is 8.75. The summed E-state index contributed by atoms with van der Waals surface area (Å²) in [6, 6.07) is 0.941. The fraction of sp³-hybridized carbons (Fsp3) is 0.556. The van der Waals surface area contributed by atoms with Crippen LogP contribution in [-0.2, 0) is 0 Å². The molecule has 0 amide bonds. The first-order valence-electron chi connectivity index (χ1n) is 4.75. The first kappa shape index (κ1) is 12.9. The largest absolute Gasteiger partial charge is 0.389 e. The number of halogens is 3. The second-order valence-electron chi connectivity index (χ2n) is 3.40. The number of hydrogen-bond acceptors (Lipinski definition) is 4. The van der Waals surface area contributed by atoms with Crippen molar-refractivity contribution >= 4 is 0 Å². The SMILES string of the molecule is Cc1nccc(C(CCC(F)(F)F)NN)n1. The van der Waals surface area contributed by atoms with E-state index in [0.29, 0.717) is 11.5 Å². The lowest BCUT2D eigenvalue weighted by molar-refractivity contribution is -0.136. The highest BCUT2D eigenvalue weighted by molar-refractivity contribution is 5.06. The number of aryl methyl sites for hydroxylation is 1. The fourth-order valence-corrected chi connectivity index (χ4v) is 1.29. The van der Waals surface area contributed by atoms with Crippen LogP contribution in [0.4, 0.5) is 13.2 Å². The standard InChI is InChI=1S/C9H13F3N4/c1-6-14-5-3-7(15-6)8(16-13)2-4-9(10,11)12/h3,5,8,16H,2,4,13H2,1H3. The van der Waals surface area contributed by atoms with Crippen molar-refractivity contribution in [3.8, 4) is 0 Å². The minimum absolute atomic E-state index is 0.142. The summed E-state index contributed by atoms with van der Waals surface area (Å²) in [5, 5.41) is 0. The normalized spacial score (nSPS) is 13.8. The molecule has 0 aliphatic heterocycles. The Bertz CT molecular complexity index is 340. The van der Waals surface area contributed by atoms with E-state index < -0.39 is 18.6 Å². The Morgan fingerprint density at radius 1 is 1.50 bits per heavy atom. The smallest absolute Gasteiger partial charge is 0.271 e. The van der Waals surface area contributed by atoms with Gasteiger partial charge in [-0.3, -0.25) is 11.3 Å². The van der Waals surface area contributed by atoms with Crippen LogP contribution in [0.2, 0.25) is 0 Å². The topological polar surface area (TPSA) is 63.8 Å². The molecule has 0 saturated carbocycles. The molecule has 0 bridgehead atoms. The van der Waals surface area contributed by atoms with E-state index in [0.717, 1.165) is 0 Å². The summed E-state index contributed by atoms with van der Waals surface area (Å²) in [7, 11) is 0. The van der Waals surface area contributed by atoms with Gasteiger partial charge in [-0.25, -0.2) is 9.97 Å². The van der Waals surface area contributed by atoms with E-state index in [-0.39, 0.29) is 6.42 Å². The summed E-state index contributed by atoms with van der Waals surface area (Å²) in [6.07, 6.45) is -3.73. The second-order valence-corrected chi connectivity index (χ2v) is 3.40. The number of aromatic nitrogens is 2. The first-order valence-corrected chi connectivity index (χ1v) is 4.75. The summed E-state index contributed by atoms with van der Waals surface area (Å²) in [5.74, 6) is 5.71. The summed E-state index contributed by atoms with van der Waals surface area (Å²) < 4.78 is 36.1. The van der Waals surface area contributed by atoms with Crippen molar-refractivity contribution in [1.82, 2.24) is 15.4 Å². The van der Waals surface area contributed by atoms with Gasteiger partial charge in [0.2, 0.25) is 0 Å². The maximum absolute atomic E-state index is 12.0. The zero-order chi connectivity index (χ0) is 12.2. The number of hydrogen-bond donors (Lipinski definition) is 2. The van der Waals surface area contributed by atoms with Gasteiger partial charge < -0.3 is 0 Å². The van der Waals surface area contributed by atoms with Gasteiger partial charge in [-0.1, -0.05) is 0 Å². The first-order chi connectivity index (χ1) is 7.42. The van der Waals surface area contributed by atoms with Crippen LogP contribution in [-0.4, -0.2) is 16.1 Å². The van der Waals surface area contributed by atoms with Gasteiger partial charge in [0.05, 0.1) is 11.7 Å². The average molecular weight is 234 g/mol. The van der Waals surface area contributed by atoms with E-state index in [4.69, 9.17) is 5.84 Å². The minimum Gasteiger partial charge on any atom is -0.271 e. The van der Waals surface area contributed by atoms with Crippen LogP contribution in [0.3, 0.4) is 0 Å². The molecule has 0 fully saturated rings. The van der Waals surface area contributed by atoms with Gasteiger partial charge in [-0.2, -0.15) is 13.2 Å². The van der Waals surface area contributed by atoms with Gasteiger partial charge in [0, 0.05) is 12.6 Å². The molecule has 7 heteroatoms. The third kappa shape index (κ3) is 4.11. The van der Waals surface area contributed by atoms with Gasteiger partial charge in [0.1, 0.15) is 5.82 Å². The molecule has 1 aromatic heterocycles. The molecule has 1 aromatic rings. The van der Waals surface area contributed by atoms with E-state index in [9.17, 15) is 13.2 Å². The van der Waals surface area contributed by atoms with Crippen molar-refractivity contribution in [2.24, 2.45) is 5.84 Å². The predicted octanol–water partition coefficient (Wildman–Crippen LogP) is 1.63. The highest BCUT2D eigenvalue weighted by atomic mass is 19.4. The van der Waals surface area contributed by atoms with Gasteiger partial charge in [-0.15, -0.1) is 0 Å². The maximum atomic E-state index is 12.0. The number of rotatable bonds is 4. The number of alkyl halides is 3. The summed E-state index contributed by atoms with van der Waals surface area (Å²) in [4.78, 5) is 7.89. The van der Waals surface area contributed by atoms with Crippen molar-refractivity contribution in [2.45, 2.75) is 32.0 Å². The molecule has 0 spiro atoms. The maximum Gasteiger partial charge on any atom is 0.389 e. The van der Waals surface area contributed by atoms with Crippen LogP contribution in [0.1, 0.15) is 30.4 Å². The van der Waals surface area contributed by atoms with Gasteiger partial charge in [-0.05, 0) is 19.4 Å². The molecule has 4 nitrogen and oxygen atoms in total. The van der Waals surface area contributed by atoms with Crippen molar-refractivity contribution in [3.63, 3.8) is 0 Å². The lowest BCUT2D eigenvalue weighted by Gasteiger charge is -2.16. The van der Waals surface area contributed by atoms with E-state index in [1.165, 1.54) is 6.20 Å². The molecule has 90 valence electrons. The number of nitrogens with zero attached hydrogens (tertiary/aromatic N) is 2. The number of nitrogens with two attached hydrogens (primary N) is 1. The van der Waals surface area contributed by atoms with Crippen molar-refractivity contribution in [3.05, 3.63) is 23.8 Å². The van der Waals surface area contributed by atoms with E-state index >= 15 is 0 Å². The Morgan fingerprint density at radius 2 is 2.19 bits per heavy atom. The van der Waals surface area contributed by atoms with Crippen LogP contribution in [0.5, 0.6) is 0 Å². The molecule has 0 saturated heterocycles. The predicted molar refractivity (Wildman–Crippen MR) is 52.1 cm³/mol. The highest BCUT2D eigenvalue weighted by Crippen LogP contribution is 2.26. The molecule has 16 heavy (non-hydrogen) atoms. The molecule has 0 aliphatic carbocycles. The molecule has 0 aromatic carbocycles. The van der Waals surface area contributed by atoms with Gasteiger partial charge in [0.15, 0.2) is 0 Å². The van der Waals surface area contributed by atoms with E-state index in [1.807, 2.05) is 0 Å². The highest BCUT2D eigenvalue weighted by Gasteiger charge is 2.28. The Morgan fingerprint density at radius 3 is 2.69 bits per heavy atom. The van der Waals surface area contributed by atoms with Crippen molar-refractivity contribution in [1.29, 1.82) is 0 Å². The molecule has 1 atom stereocenters. The molecular weight excluding hydrogens is 221 g/mol. The molecule has 1 rings (SSSR count). The van der Waals surface area contributed by atoms with Crippen LogP contribution in [0.25, 0.3) is 0 Å². The molecular formula is C9H13F3N4. The fourth-order valence-electron chi connectivity index (χ4n) is 1.29. The number of hydrazine groups is 1. The summed E-state index contributed by atoms with van der Waals surface area (Å²) >= 11 is 0. The lowest BCUT2D eigenvalue weighted by atomic mass is 10.1. The Labute approximate surface area is 91.1 Å². The monoisotopic (exact) mass is 234 g/mol.